The second-order valence-electron chi connectivity index (χ2n) is 13.3. The van der Waals surface area contributed by atoms with Crippen molar-refractivity contribution in [1.82, 2.24) is 19.3 Å². The van der Waals surface area contributed by atoms with Gasteiger partial charge in [0.25, 0.3) is 10.2 Å². The number of hydrogen-bond acceptors (Lipinski definition) is 11. The van der Waals surface area contributed by atoms with Crippen LogP contribution in [0.5, 0.6) is 0 Å². The summed E-state index contributed by atoms with van der Waals surface area (Å²) in [7, 11) is -4.08. The lowest BCUT2D eigenvalue weighted by molar-refractivity contribution is -0.161. The van der Waals surface area contributed by atoms with Crippen molar-refractivity contribution in [2.24, 2.45) is 17.6 Å². The molecule has 4 rings (SSSR count). The van der Waals surface area contributed by atoms with Crippen LogP contribution >= 0.6 is 11.3 Å². The number of anilines is 1. The molecule has 0 bridgehead atoms. The highest BCUT2D eigenvalue weighted by molar-refractivity contribution is 7.87. The van der Waals surface area contributed by atoms with E-state index in [0.29, 0.717) is 29.6 Å². The third-order valence-corrected chi connectivity index (χ3v) is 11.2. The summed E-state index contributed by atoms with van der Waals surface area (Å²) >= 11 is 1.19. The average molecular weight is 709 g/mol. The van der Waals surface area contributed by atoms with Gasteiger partial charge in [-0.1, -0.05) is 76.3 Å². The van der Waals surface area contributed by atoms with Gasteiger partial charge >= 0.3 is 5.97 Å². The number of carbonyl (C=O) groups is 2. The Bertz CT molecular complexity index is 1400. The minimum Gasteiger partial charge on any atom is -0.456 e. The van der Waals surface area contributed by atoms with E-state index in [0.717, 1.165) is 31.2 Å². The molecule has 1 aliphatic heterocycles. The fourth-order valence-corrected chi connectivity index (χ4v) is 8.30. The second kappa shape index (κ2) is 18.4. The molecule has 5 atom stereocenters. The molecule has 1 unspecified atom stereocenters. The molecule has 1 aromatic heterocycles. The number of amides is 1. The van der Waals surface area contributed by atoms with E-state index in [1.54, 1.807) is 29.6 Å². The van der Waals surface area contributed by atoms with E-state index in [1.807, 2.05) is 19.9 Å². The number of nitrogens with zero attached hydrogens (tertiary/aromatic N) is 2. The lowest BCUT2D eigenvalue weighted by atomic mass is 9.82. The number of rotatable bonds is 17. The van der Waals surface area contributed by atoms with Gasteiger partial charge in [0.15, 0.2) is 5.13 Å². The summed E-state index contributed by atoms with van der Waals surface area (Å²) in [6.45, 7) is 4.72. The molecule has 1 saturated heterocycles. The fourth-order valence-electron chi connectivity index (χ4n) is 6.40. The Labute approximate surface area is 288 Å². The number of carbonyl (C=O) groups excluding carboxylic acids is 2. The summed E-state index contributed by atoms with van der Waals surface area (Å²) in [6, 6.07) is 5.88. The van der Waals surface area contributed by atoms with Crippen molar-refractivity contribution in [1.29, 1.82) is 0 Å². The van der Waals surface area contributed by atoms with Gasteiger partial charge in [-0.25, -0.2) is 9.78 Å². The summed E-state index contributed by atoms with van der Waals surface area (Å²) in [4.78, 5) is 32.2. The van der Waals surface area contributed by atoms with Crippen LogP contribution in [0.1, 0.15) is 70.1 Å². The molecule has 1 aliphatic carbocycles. The largest absolute Gasteiger partial charge is 0.456 e. The van der Waals surface area contributed by atoms with Crippen molar-refractivity contribution >= 4 is 38.6 Å². The van der Waals surface area contributed by atoms with Crippen LogP contribution in [0.4, 0.5) is 5.13 Å². The van der Waals surface area contributed by atoms with Crippen LogP contribution in [-0.4, -0.2) is 91.3 Å². The molecular formula is C33H52N6O7S2. The number of nitrogens with one attached hydrogen (secondary N) is 2. The Kier molecular flexibility index (Phi) is 14.6. The smallest absolute Gasteiger partial charge is 0.329 e. The first kappa shape index (κ1) is 38.1. The van der Waals surface area contributed by atoms with Crippen LogP contribution < -0.4 is 21.5 Å². The molecular weight excluding hydrogens is 657 g/mol. The van der Waals surface area contributed by atoms with Gasteiger partial charge in [0.05, 0.1) is 25.0 Å². The molecule has 1 saturated carbocycles. The van der Waals surface area contributed by atoms with Crippen molar-refractivity contribution in [3.63, 3.8) is 0 Å². The van der Waals surface area contributed by atoms with Gasteiger partial charge in [-0.2, -0.15) is 17.4 Å². The molecule has 13 nitrogen and oxygen atoms in total. The maximum absolute atomic E-state index is 14.0. The number of nitrogens with two attached hydrogens (primary N) is 2. The lowest BCUT2D eigenvalue weighted by Gasteiger charge is -2.33. The molecule has 15 heteroatoms. The quantitative estimate of drug-likeness (QED) is 0.152. The molecule has 2 fully saturated rings. The predicted molar refractivity (Wildman–Crippen MR) is 185 cm³/mol. The minimum absolute atomic E-state index is 0.0314. The Morgan fingerprint density at radius 2 is 1.79 bits per heavy atom. The average Bonchev–Trinajstić information content (AvgIpc) is 3.47. The number of benzene rings is 1. The molecule has 1 aromatic carbocycles. The SMILES string of the molecule is CC(C)C[C@H](O)C(OC(=O)[C@H](Cc1csc(N)n1)NC(=O)[C@H](Cc1ccccc1)NS(=O)(=O)N1CCOCC1)[C@@H](N)CC1CCCCC1. The highest BCUT2D eigenvalue weighted by atomic mass is 32.2. The van der Waals surface area contributed by atoms with Gasteiger partial charge < -0.3 is 31.4 Å². The van der Waals surface area contributed by atoms with Crippen LogP contribution in [0, 0.1) is 11.8 Å². The van der Waals surface area contributed by atoms with Gasteiger partial charge in [0.1, 0.15) is 18.2 Å². The number of aliphatic hydroxyl groups is 1. The highest BCUT2D eigenvalue weighted by Gasteiger charge is 2.37. The van der Waals surface area contributed by atoms with Crippen molar-refractivity contribution in [2.75, 3.05) is 32.0 Å². The van der Waals surface area contributed by atoms with E-state index in [9.17, 15) is 23.1 Å². The van der Waals surface area contributed by atoms with E-state index >= 15 is 0 Å². The zero-order valence-electron chi connectivity index (χ0n) is 28.0. The van der Waals surface area contributed by atoms with E-state index in [4.69, 9.17) is 20.9 Å². The Hall–Kier alpha value is -2.66. The first-order valence-corrected chi connectivity index (χ1v) is 19.3. The molecule has 2 heterocycles. The Morgan fingerprint density at radius 3 is 2.42 bits per heavy atom. The predicted octanol–water partition coefficient (Wildman–Crippen LogP) is 2.15. The molecule has 48 heavy (non-hydrogen) atoms. The maximum atomic E-state index is 14.0. The third kappa shape index (κ3) is 11.7. The van der Waals surface area contributed by atoms with Crippen molar-refractivity contribution in [2.45, 2.75) is 102 Å². The normalized spacial score (nSPS) is 19.7. The number of aliphatic hydroxyl groups excluding tert-OH is 1. The zero-order chi connectivity index (χ0) is 34.7. The van der Waals surface area contributed by atoms with E-state index in [-0.39, 0.29) is 45.1 Å². The number of aromatic nitrogens is 1. The minimum atomic E-state index is -4.08. The van der Waals surface area contributed by atoms with Gasteiger partial charge in [-0.15, -0.1) is 11.3 Å². The van der Waals surface area contributed by atoms with E-state index in [2.05, 4.69) is 15.0 Å². The number of nitrogen functional groups attached to an aromatic ring is 1. The molecule has 0 spiro atoms. The summed E-state index contributed by atoms with van der Waals surface area (Å²) < 4.78 is 41.8. The second-order valence-corrected chi connectivity index (χ2v) is 15.9. The Morgan fingerprint density at radius 1 is 1.10 bits per heavy atom. The standard InChI is InChI=1S/C33H52N6O7S2/c1-22(2)17-29(40)30(26(34)18-23-9-5-3-6-10-23)46-32(42)28(20-25-21-47-33(35)36-25)37-31(41)27(19-24-11-7-4-8-12-24)38-48(43,44)39-13-15-45-16-14-39/h4,7-8,11-12,21-23,26-30,38,40H,3,5-6,9-10,13-20,34H2,1-2H3,(H2,35,36)(H,37,41)/t26-,27-,28-,29-,30?/m0/s1. The molecule has 268 valence electrons. The van der Waals surface area contributed by atoms with Crippen LogP contribution in [0.25, 0.3) is 0 Å². The molecule has 1 amide bonds. The van der Waals surface area contributed by atoms with Crippen molar-refractivity contribution < 1.29 is 32.6 Å². The van der Waals surface area contributed by atoms with E-state index < -0.39 is 52.4 Å². The molecule has 2 aromatic rings. The highest BCUT2D eigenvalue weighted by Crippen LogP contribution is 2.29. The van der Waals surface area contributed by atoms with E-state index in [1.165, 1.54) is 22.1 Å². The molecule has 2 aliphatic rings. The third-order valence-electron chi connectivity index (χ3n) is 8.88. The number of esters is 1. The van der Waals surface area contributed by atoms with Crippen molar-refractivity contribution in [3.05, 3.63) is 47.0 Å². The van der Waals surface area contributed by atoms with Crippen LogP contribution in [-0.2, 0) is 42.1 Å². The number of hydrogen-bond donors (Lipinski definition) is 5. The first-order chi connectivity index (χ1) is 22.9. The van der Waals surface area contributed by atoms with Crippen LogP contribution in [0.2, 0.25) is 0 Å². The summed E-state index contributed by atoms with van der Waals surface area (Å²) in [6.07, 6.45) is 4.47. The first-order valence-electron chi connectivity index (χ1n) is 16.9. The summed E-state index contributed by atoms with van der Waals surface area (Å²) in [5.74, 6) is -1.01. The molecule has 0 radical (unpaired) electrons. The fraction of sp³-hybridized carbons (Fsp3) is 0.667. The summed E-state index contributed by atoms with van der Waals surface area (Å²) in [5.41, 5.74) is 13.7. The monoisotopic (exact) mass is 708 g/mol. The van der Waals surface area contributed by atoms with Crippen molar-refractivity contribution in [3.8, 4) is 0 Å². The van der Waals surface area contributed by atoms with Crippen LogP contribution in [0.15, 0.2) is 35.7 Å². The van der Waals surface area contributed by atoms with Gasteiger partial charge in [-0.3, -0.25) is 4.79 Å². The summed E-state index contributed by atoms with van der Waals surface area (Å²) in [5, 5.41) is 15.9. The Balaban J connectivity index is 1.57. The number of ether oxygens (including phenoxy) is 2. The van der Waals surface area contributed by atoms with Gasteiger partial charge in [0.2, 0.25) is 5.91 Å². The molecule has 7 N–H and O–H groups in total. The van der Waals surface area contributed by atoms with Gasteiger partial charge in [0, 0.05) is 30.9 Å². The topological polar surface area (TPSA) is 199 Å². The van der Waals surface area contributed by atoms with Gasteiger partial charge in [-0.05, 0) is 36.7 Å². The number of morpholine rings is 1. The maximum Gasteiger partial charge on any atom is 0.329 e. The lowest BCUT2D eigenvalue weighted by Crippen LogP contribution is -2.57. The zero-order valence-corrected chi connectivity index (χ0v) is 29.6. The number of thiazole rings is 1. The van der Waals surface area contributed by atoms with Crippen LogP contribution in [0.3, 0.4) is 0 Å².